The van der Waals surface area contributed by atoms with E-state index in [1.54, 1.807) is 62.5 Å². The number of carbonyl (C=O) groups excluding carboxylic acids is 2. The number of rotatable bonds is 8. The van der Waals surface area contributed by atoms with Crippen LogP contribution in [0.1, 0.15) is 34.8 Å². The van der Waals surface area contributed by atoms with Gasteiger partial charge in [-0.2, -0.15) is 0 Å². The average molecular weight is 578 g/mol. The van der Waals surface area contributed by atoms with Crippen molar-refractivity contribution >= 4 is 37.3 Å². The highest BCUT2D eigenvalue weighted by atomic mass is 28.4. The molecule has 2 amide bonds. The standard InChI is InChI=1S/C30H32FN3O6Si/c1-19-27(41(2,3)31)26(14-15-35)40-30(19)24-17-23(34(38)39)12-13-25(24)33(29(30)37)18-20-8-7-11-22(16-20)32-28(36)21-9-5-4-6-10-21/h4-13,16-17,19,26-27,35H,14-15,18H2,1-3H3,(H,32,36)/t19-,26+,27-,30+/m0/s1. The summed E-state index contributed by atoms with van der Waals surface area (Å²) in [6.07, 6.45) is -0.563. The minimum absolute atomic E-state index is 0.0995. The predicted octanol–water partition coefficient (Wildman–Crippen LogP) is 5.55. The first-order valence-corrected chi connectivity index (χ1v) is 16.5. The molecular formula is C30H32FN3O6Si. The molecule has 2 aliphatic heterocycles. The molecule has 41 heavy (non-hydrogen) atoms. The molecule has 0 radical (unpaired) electrons. The second-order valence-corrected chi connectivity index (χ2v) is 14.9. The van der Waals surface area contributed by atoms with Gasteiger partial charge >= 0.3 is 0 Å². The van der Waals surface area contributed by atoms with Gasteiger partial charge in [0.25, 0.3) is 17.5 Å². The third kappa shape index (κ3) is 5.05. The number of hydrogen-bond donors (Lipinski definition) is 2. The molecule has 2 aliphatic rings. The Hall–Kier alpha value is -3.93. The summed E-state index contributed by atoms with van der Waals surface area (Å²) in [6, 6.07) is 20.1. The highest BCUT2D eigenvalue weighted by molar-refractivity contribution is 6.72. The van der Waals surface area contributed by atoms with Gasteiger partial charge in [-0.15, -0.1) is 0 Å². The predicted molar refractivity (Wildman–Crippen MR) is 155 cm³/mol. The molecule has 0 bridgehead atoms. The van der Waals surface area contributed by atoms with Crippen LogP contribution in [0.4, 0.5) is 21.2 Å². The highest BCUT2D eigenvalue weighted by Gasteiger charge is 2.66. The van der Waals surface area contributed by atoms with Gasteiger partial charge in [0.05, 0.1) is 23.3 Å². The average Bonchev–Trinajstić information content (AvgIpc) is 3.36. The molecule has 214 valence electrons. The molecule has 0 aromatic heterocycles. The number of ether oxygens (including phenoxy) is 1. The quantitative estimate of drug-likeness (QED) is 0.157. The first-order chi connectivity index (χ1) is 19.5. The zero-order chi connectivity index (χ0) is 29.5. The number of benzene rings is 3. The minimum atomic E-state index is -3.40. The Kier molecular flexibility index (Phi) is 7.53. The zero-order valence-electron chi connectivity index (χ0n) is 23.0. The fraction of sp³-hybridized carbons (Fsp3) is 0.333. The van der Waals surface area contributed by atoms with E-state index < -0.39 is 42.4 Å². The lowest BCUT2D eigenvalue weighted by Crippen LogP contribution is -2.45. The largest absolute Gasteiger partial charge is 0.396 e. The first-order valence-electron chi connectivity index (χ1n) is 13.5. The second kappa shape index (κ2) is 10.8. The summed E-state index contributed by atoms with van der Waals surface area (Å²) in [7, 11) is -3.40. The number of aliphatic hydroxyl groups is 1. The number of carbonyl (C=O) groups is 2. The number of non-ortho nitro benzene ring substituents is 1. The number of fused-ring (bicyclic) bond motifs is 2. The van der Waals surface area contributed by atoms with E-state index in [1.807, 2.05) is 12.1 Å². The van der Waals surface area contributed by atoms with E-state index in [-0.39, 0.29) is 31.2 Å². The Bertz CT molecular complexity index is 1500. The maximum Gasteiger partial charge on any atom is 0.269 e. The molecule has 1 spiro atoms. The summed E-state index contributed by atoms with van der Waals surface area (Å²) in [5.74, 6) is -1.33. The van der Waals surface area contributed by atoms with Crippen molar-refractivity contribution < 1.29 is 28.5 Å². The number of nitro groups is 1. The van der Waals surface area contributed by atoms with Crippen LogP contribution in [0.15, 0.2) is 72.8 Å². The van der Waals surface area contributed by atoms with E-state index in [9.17, 15) is 24.8 Å². The lowest BCUT2D eigenvalue weighted by molar-refractivity contribution is -0.385. The van der Waals surface area contributed by atoms with Crippen LogP contribution in [0.2, 0.25) is 18.6 Å². The van der Waals surface area contributed by atoms with Gasteiger partial charge in [-0.1, -0.05) is 37.3 Å². The van der Waals surface area contributed by atoms with Gasteiger partial charge in [0, 0.05) is 47.0 Å². The Balaban J connectivity index is 1.52. The molecule has 3 aromatic rings. The molecule has 4 atom stereocenters. The molecule has 0 saturated carbocycles. The van der Waals surface area contributed by atoms with Crippen molar-refractivity contribution in [3.05, 3.63) is 99.6 Å². The minimum Gasteiger partial charge on any atom is -0.396 e. The summed E-state index contributed by atoms with van der Waals surface area (Å²) in [4.78, 5) is 39.7. The zero-order valence-corrected chi connectivity index (χ0v) is 24.0. The van der Waals surface area contributed by atoms with Gasteiger partial charge in [0.1, 0.15) is 0 Å². The van der Waals surface area contributed by atoms with E-state index >= 15 is 4.11 Å². The van der Waals surface area contributed by atoms with E-state index in [0.717, 1.165) is 0 Å². The van der Waals surface area contributed by atoms with Crippen LogP contribution >= 0.6 is 0 Å². The molecule has 1 fully saturated rings. The van der Waals surface area contributed by atoms with E-state index in [4.69, 9.17) is 4.74 Å². The summed E-state index contributed by atoms with van der Waals surface area (Å²) in [6.45, 7) is 4.74. The van der Waals surface area contributed by atoms with Crippen molar-refractivity contribution in [3.63, 3.8) is 0 Å². The molecule has 3 aromatic carbocycles. The van der Waals surface area contributed by atoms with Crippen LogP contribution in [0, 0.1) is 16.0 Å². The van der Waals surface area contributed by atoms with Crippen molar-refractivity contribution in [3.8, 4) is 0 Å². The van der Waals surface area contributed by atoms with Crippen LogP contribution in [-0.2, 0) is 21.7 Å². The molecule has 5 rings (SSSR count). The van der Waals surface area contributed by atoms with Crippen LogP contribution in [0.3, 0.4) is 0 Å². The van der Waals surface area contributed by atoms with Crippen molar-refractivity contribution in [2.24, 2.45) is 5.92 Å². The third-order valence-electron chi connectivity index (χ3n) is 8.13. The smallest absolute Gasteiger partial charge is 0.269 e. The monoisotopic (exact) mass is 577 g/mol. The second-order valence-electron chi connectivity index (χ2n) is 11.2. The number of hydrogen-bond acceptors (Lipinski definition) is 6. The Morgan fingerprint density at radius 2 is 1.88 bits per heavy atom. The number of nitrogens with zero attached hydrogens (tertiary/aromatic N) is 2. The molecule has 11 heteroatoms. The first kappa shape index (κ1) is 28.6. The molecule has 0 aliphatic carbocycles. The van der Waals surface area contributed by atoms with Gasteiger partial charge in [0.15, 0.2) is 5.60 Å². The van der Waals surface area contributed by atoms with Gasteiger partial charge in [0.2, 0.25) is 8.41 Å². The van der Waals surface area contributed by atoms with Crippen molar-refractivity contribution in [2.75, 3.05) is 16.8 Å². The van der Waals surface area contributed by atoms with Crippen molar-refractivity contribution in [1.82, 2.24) is 0 Å². The van der Waals surface area contributed by atoms with Gasteiger partial charge in [-0.05, 0) is 55.4 Å². The fourth-order valence-corrected chi connectivity index (χ4v) is 8.97. The van der Waals surface area contributed by atoms with Gasteiger partial charge in [-0.25, -0.2) is 0 Å². The molecule has 9 nitrogen and oxygen atoms in total. The van der Waals surface area contributed by atoms with Gasteiger partial charge in [-0.3, -0.25) is 19.7 Å². The third-order valence-corrected chi connectivity index (χ3v) is 10.6. The van der Waals surface area contributed by atoms with Crippen LogP contribution in [0.25, 0.3) is 0 Å². The normalized spacial score (nSPS) is 23.6. The highest BCUT2D eigenvalue weighted by Crippen LogP contribution is 2.60. The fourth-order valence-electron chi connectivity index (χ4n) is 6.43. The maximum atomic E-state index is 15.7. The van der Waals surface area contributed by atoms with E-state index in [2.05, 4.69) is 5.32 Å². The molecular weight excluding hydrogens is 545 g/mol. The number of nitro benzene ring substituents is 1. The summed E-state index contributed by atoms with van der Waals surface area (Å²) in [5.41, 5.74) is 0.111. The summed E-state index contributed by atoms with van der Waals surface area (Å²) < 4.78 is 22.1. The van der Waals surface area contributed by atoms with Crippen molar-refractivity contribution in [2.45, 2.75) is 50.2 Å². The molecule has 2 N–H and O–H groups in total. The summed E-state index contributed by atoms with van der Waals surface area (Å²) >= 11 is 0. The molecule has 1 saturated heterocycles. The lowest BCUT2D eigenvalue weighted by atomic mass is 9.82. The molecule has 2 heterocycles. The number of aliphatic hydroxyl groups excluding tert-OH is 1. The van der Waals surface area contributed by atoms with Crippen molar-refractivity contribution in [1.29, 1.82) is 0 Å². The Morgan fingerprint density at radius 1 is 1.15 bits per heavy atom. The van der Waals surface area contributed by atoms with Crippen LogP contribution in [-0.4, -0.2) is 43.0 Å². The topological polar surface area (TPSA) is 122 Å². The number of amides is 2. The Morgan fingerprint density at radius 3 is 2.54 bits per heavy atom. The summed E-state index contributed by atoms with van der Waals surface area (Å²) in [5, 5.41) is 24.3. The molecule has 0 unspecified atom stereocenters. The van der Waals surface area contributed by atoms with Gasteiger partial charge < -0.3 is 24.2 Å². The number of anilines is 2. The SMILES string of the molecule is C[C@H]1[C@H]([Si](C)(C)F)[C@@H](CCO)O[C@]12C(=O)N(Cc1cccc(NC(=O)c3ccccc3)c1)c1ccc([N+](=O)[O-])cc12. The Labute approximate surface area is 238 Å². The van der Waals surface area contributed by atoms with E-state index in [0.29, 0.717) is 28.1 Å². The maximum absolute atomic E-state index is 15.7. The van der Waals surface area contributed by atoms with E-state index in [1.165, 1.54) is 23.1 Å². The number of nitrogens with one attached hydrogen (secondary N) is 1. The van der Waals surface area contributed by atoms with Crippen LogP contribution < -0.4 is 10.2 Å². The lowest BCUT2D eigenvalue weighted by Gasteiger charge is -2.31. The van der Waals surface area contributed by atoms with Crippen LogP contribution in [0.5, 0.6) is 0 Å². The number of halogens is 1.